The van der Waals surface area contributed by atoms with Gasteiger partial charge >= 0.3 is 5.97 Å². The molecular formula is C23H42N12O5. The SMILES string of the molecule is CC(C)C(NC(=O)C(CCCN=C(N)N)NC(=O)C(N)Cc1cnc[nH]1)C(=O)NC(CCCN=C(N)N)C(=O)O. The maximum atomic E-state index is 13.3. The number of hydrogen-bond donors (Lipinski definition) is 10. The minimum absolute atomic E-state index is 0.0638. The fourth-order valence-electron chi connectivity index (χ4n) is 3.59. The van der Waals surface area contributed by atoms with Crippen molar-refractivity contribution >= 4 is 35.6 Å². The van der Waals surface area contributed by atoms with Gasteiger partial charge in [-0.05, 0) is 31.6 Å². The number of nitrogens with two attached hydrogens (primary N) is 5. The van der Waals surface area contributed by atoms with E-state index in [1.54, 1.807) is 13.8 Å². The second-order valence-corrected chi connectivity index (χ2v) is 9.48. The van der Waals surface area contributed by atoms with E-state index >= 15 is 0 Å². The molecule has 0 spiro atoms. The molecule has 0 aromatic carbocycles. The van der Waals surface area contributed by atoms with Crippen molar-refractivity contribution in [3.05, 3.63) is 18.2 Å². The van der Waals surface area contributed by atoms with Crippen LogP contribution in [0.1, 0.15) is 45.2 Å². The van der Waals surface area contributed by atoms with Crippen molar-refractivity contribution in [1.82, 2.24) is 25.9 Å². The molecule has 1 heterocycles. The summed E-state index contributed by atoms with van der Waals surface area (Å²) in [5.41, 5.74) is 27.9. The molecule has 4 atom stereocenters. The fourth-order valence-corrected chi connectivity index (χ4v) is 3.59. The van der Waals surface area contributed by atoms with Crippen LogP contribution in [-0.2, 0) is 25.6 Å². The molecule has 15 N–H and O–H groups in total. The zero-order valence-electron chi connectivity index (χ0n) is 22.8. The average Bonchev–Trinajstić information content (AvgIpc) is 3.38. The Morgan fingerprint density at radius 2 is 1.45 bits per heavy atom. The van der Waals surface area contributed by atoms with E-state index in [2.05, 4.69) is 35.9 Å². The number of amides is 3. The zero-order valence-corrected chi connectivity index (χ0v) is 22.8. The van der Waals surface area contributed by atoms with Crippen LogP contribution in [0.5, 0.6) is 0 Å². The lowest BCUT2D eigenvalue weighted by atomic mass is 10.0. The molecule has 0 saturated carbocycles. The van der Waals surface area contributed by atoms with Gasteiger partial charge in [-0.3, -0.25) is 24.4 Å². The smallest absolute Gasteiger partial charge is 0.326 e. The second kappa shape index (κ2) is 17.2. The van der Waals surface area contributed by atoms with Crippen LogP contribution in [-0.4, -0.2) is 87.9 Å². The molecule has 4 unspecified atom stereocenters. The highest BCUT2D eigenvalue weighted by molar-refractivity contribution is 5.94. The van der Waals surface area contributed by atoms with E-state index in [4.69, 9.17) is 28.7 Å². The number of aromatic nitrogens is 2. The number of carbonyl (C=O) groups is 4. The lowest BCUT2D eigenvalue weighted by Gasteiger charge is -2.27. The molecule has 0 aliphatic heterocycles. The Morgan fingerprint density at radius 1 is 0.900 bits per heavy atom. The van der Waals surface area contributed by atoms with Gasteiger partial charge in [0.25, 0.3) is 0 Å². The van der Waals surface area contributed by atoms with E-state index in [0.717, 1.165) is 0 Å². The molecule has 3 amide bonds. The van der Waals surface area contributed by atoms with E-state index in [1.165, 1.54) is 12.5 Å². The standard InChI is InChI=1S/C23H42N12O5/c1-12(2)17(20(38)34-16(21(39)40)6-4-8-31-23(27)28)35-19(37)15(5-3-7-30-22(25)26)33-18(36)14(24)9-13-10-29-11-32-13/h10-12,14-17H,3-9,24H2,1-2H3,(H,29,32)(H,33,36)(H,34,38)(H,35,37)(H,39,40)(H4,25,26,30)(H4,27,28,31). The first-order chi connectivity index (χ1) is 18.8. The van der Waals surface area contributed by atoms with Crippen LogP contribution >= 0.6 is 0 Å². The highest BCUT2D eigenvalue weighted by Crippen LogP contribution is 2.08. The molecule has 0 saturated heterocycles. The third kappa shape index (κ3) is 12.9. The van der Waals surface area contributed by atoms with Gasteiger partial charge in [-0.1, -0.05) is 13.8 Å². The lowest BCUT2D eigenvalue weighted by Crippen LogP contribution is -2.58. The van der Waals surface area contributed by atoms with Crippen LogP contribution in [0.4, 0.5) is 0 Å². The molecule has 0 bridgehead atoms. The number of aliphatic carboxylic acids is 1. The van der Waals surface area contributed by atoms with Crippen molar-refractivity contribution in [3.8, 4) is 0 Å². The van der Waals surface area contributed by atoms with Crippen LogP contribution in [0.15, 0.2) is 22.5 Å². The maximum Gasteiger partial charge on any atom is 0.326 e. The van der Waals surface area contributed by atoms with Gasteiger partial charge in [-0.2, -0.15) is 0 Å². The average molecular weight is 567 g/mol. The number of imidazole rings is 1. The van der Waals surface area contributed by atoms with Gasteiger partial charge in [-0.15, -0.1) is 0 Å². The van der Waals surface area contributed by atoms with Crippen molar-refractivity contribution in [2.75, 3.05) is 13.1 Å². The predicted octanol–water partition coefficient (Wildman–Crippen LogP) is -3.42. The Balaban J connectivity index is 2.94. The number of H-pyrrole nitrogens is 1. The summed E-state index contributed by atoms with van der Waals surface area (Å²) in [6, 6.07) is -4.37. The van der Waals surface area contributed by atoms with E-state index in [9.17, 15) is 24.3 Å². The van der Waals surface area contributed by atoms with Gasteiger partial charge in [0.2, 0.25) is 17.7 Å². The van der Waals surface area contributed by atoms with Gasteiger partial charge in [0.05, 0.1) is 12.4 Å². The first-order valence-corrected chi connectivity index (χ1v) is 12.8. The van der Waals surface area contributed by atoms with E-state index < -0.39 is 53.8 Å². The minimum atomic E-state index is -1.25. The first-order valence-electron chi connectivity index (χ1n) is 12.8. The molecule has 224 valence electrons. The third-order valence-electron chi connectivity index (χ3n) is 5.72. The number of guanidine groups is 2. The summed E-state index contributed by atoms with van der Waals surface area (Å²) < 4.78 is 0. The van der Waals surface area contributed by atoms with Crippen molar-refractivity contribution in [3.63, 3.8) is 0 Å². The summed E-state index contributed by atoms with van der Waals surface area (Å²) in [6.07, 6.45) is 3.98. The summed E-state index contributed by atoms with van der Waals surface area (Å²) in [6.45, 7) is 3.77. The van der Waals surface area contributed by atoms with Crippen LogP contribution in [0, 0.1) is 5.92 Å². The number of carboxylic acid groups (broad SMARTS) is 1. The monoisotopic (exact) mass is 566 g/mol. The zero-order chi connectivity index (χ0) is 30.2. The van der Waals surface area contributed by atoms with Crippen molar-refractivity contribution < 1.29 is 24.3 Å². The molecule has 0 aliphatic rings. The summed E-state index contributed by atoms with van der Waals surface area (Å²) in [5.74, 6) is -3.84. The Kier molecular flexibility index (Phi) is 14.5. The van der Waals surface area contributed by atoms with Gasteiger partial charge in [0.1, 0.15) is 18.1 Å². The van der Waals surface area contributed by atoms with Crippen molar-refractivity contribution in [1.29, 1.82) is 0 Å². The number of nitrogens with one attached hydrogen (secondary N) is 4. The predicted molar refractivity (Wildman–Crippen MR) is 148 cm³/mol. The van der Waals surface area contributed by atoms with Gasteiger partial charge in [0.15, 0.2) is 11.9 Å². The molecule has 0 fully saturated rings. The van der Waals surface area contributed by atoms with Crippen LogP contribution in [0.3, 0.4) is 0 Å². The minimum Gasteiger partial charge on any atom is -0.480 e. The molecule has 17 nitrogen and oxygen atoms in total. The van der Waals surface area contributed by atoms with Crippen LogP contribution < -0.4 is 44.6 Å². The Morgan fingerprint density at radius 3 is 1.93 bits per heavy atom. The van der Waals surface area contributed by atoms with Crippen LogP contribution in [0.2, 0.25) is 0 Å². The second-order valence-electron chi connectivity index (χ2n) is 9.48. The molecule has 1 rings (SSSR count). The fraction of sp³-hybridized carbons (Fsp3) is 0.609. The summed E-state index contributed by atoms with van der Waals surface area (Å²) in [5, 5.41) is 17.2. The Bertz CT molecular complexity index is 1020. The Labute approximate surface area is 232 Å². The first kappa shape index (κ1) is 33.6. The summed E-state index contributed by atoms with van der Waals surface area (Å²) in [7, 11) is 0. The number of aliphatic imine (C=N–C) groups is 2. The Hall–Kier alpha value is -4.41. The number of carbonyl (C=O) groups excluding carboxylic acids is 3. The lowest BCUT2D eigenvalue weighted by molar-refractivity contribution is -0.142. The third-order valence-corrected chi connectivity index (χ3v) is 5.72. The highest BCUT2D eigenvalue weighted by atomic mass is 16.4. The number of aromatic amines is 1. The van der Waals surface area contributed by atoms with E-state index in [-0.39, 0.29) is 44.3 Å². The van der Waals surface area contributed by atoms with Gasteiger partial charge in [-0.25, -0.2) is 9.78 Å². The summed E-state index contributed by atoms with van der Waals surface area (Å²) >= 11 is 0. The van der Waals surface area contributed by atoms with E-state index in [0.29, 0.717) is 18.5 Å². The molecule has 17 heteroatoms. The number of rotatable bonds is 18. The number of carboxylic acids is 1. The van der Waals surface area contributed by atoms with Gasteiger partial charge in [0, 0.05) is 31.4 Å². The van der Waals surface area contributed by atoms with Crippen molar-refractivity contribution in [2.45, 2.75) is 70.1 Å². The quantitative estimate of drug-likeness (QED) is 0.0473. The molecule has 1 aromatic rings. The van der Waals surface area contributed by atoms with E-state index in [1.807, 2.05) is 0 Å². The van der Waals surface area contributed by atoms with Gasteiger partial charge < -0.3 is 54.7 Å². The number of nitrogens with zero attached hydrogens (tertiary/aromatic N) is 3. The topological polar surface area (TPSA) is 308 Å². The largest absolute Gasteiger partial charge is 0.480 e. The maximum absolute atomic E-state index is 13.3. The summed E-state index contributed by atoms with van der Waals surface area (Å²) in [4.78, 5) is 65.2. The molecule has 0 aliphatic carbocycles. The highest BCUT2D eigenvalue weighted by Gasteiger charge is 2.31. The molecular weight excluding hydrogens is 524 g/mol. The molecule has 0 radical (unpaired) electrons. The molecule has 40 heavy (non-hydrogen) atoms. The normalized spacial score (nSPS) is 13.8. The van der Waals surface area contributed by atoms with Crippen LogP contribution in [0.25, 0.3) is 0 Å². The number of hydrogen-bond acceptors (Lipinski definition) is 8. The van der Waals surface area contributed by atoms with Crippen molar-refractivity contribution in [2.24, 2.45) is 44.6 Å². The molecule has 1 aromatic heterocycles.